The van der Waals surface area contributed by atoms with Gasteiger partial charge in [0.05, 0.1) is 42.0 Å². The van der Waals surface area contributed by atoms with Gasteiger partial charge in [0.1, 0.15) is 12.2 Å². The predicted octanol–water partition coefficient (Wildman–Crippen LogP) is 5.54. The lowest BCUT2D eigenvalue weighted by Gasteiger charge is -2.44. The minimum absolute atomic E-state index is 0.00176. The first-order chi connectivity index (χ1) is 20.2. The maximum absolute atomic E-state index is 13.3. The second-order valence-corrected chi connectivity index (χ2v) is 11.9. The molecule has 2 unspecified atom stereocenters. The first-order valence-corrected chi connectivity index (χ1v) is 13.8. The van der Waals surface area contributed by atoms with Crippen LogP contribution in [0.5, 0.6) is 0 Å². The number of rotatable bonds is 3. The Bertz CT molecular complexity index is 1370. The molecule has 16 heteroatoms. The summed E-state index contributed by atoms with van der Waals surface area (Å²) in [5.74, 6) is -0.367. The fourth-order valence-corrected chi connectivity index (χ4v) is 5.19. The molecule has 2 aliphatic rings. The van der Waals surface area contributed by atoms with Gasteiger partial charge in [-0.15, -0.1) is 0 Å². The molecule has 1 saturated heterocycles. The molecule has 0 bridgehead atoms. The molecule has 1 aromatic carbocycles. The van der Waals surface area contributed by atoms with Gasteiger partial charge in [-0.25, -0.2) is 9.59 Å². The number of ether oxygens (including phenoxy) is 2. The Morgan fingerprint density at radius 2 is 1.41 bits per heavy atom. The molecule has 242 valence electrons. The summed E-state index contributed by atoms with van der Waals surface area (Å²) in [6.45, 7) is 8.82. The molecule has 2 aliphatic heterocycles. The van der Waals surface area contributed by atoms with Crippen molar-refractivity contribution in [2.24, 2.45) is 0 Å². The van der Waals surface area contributed by atoms with Gasteiger partial charge in [0.15, 0.2) is 5.69 Å². The second-order valence-electron chi connectivity index (χ2n) is 11.9. The fourth-order valence-electron chi connectivity index (χ4n) is 5.19. The molecular formula is C28H33F6N5O5. The summed E-state index contributed by atoms with van der Waals surface area (Å²) < 4.78 is 91.0. The lowest BCUT2D eigenvalue weighted by Crippen LogP contribution is -2.60. The van der Waals surface area contributed by atoms with Crippen molar-refractivity contribution in [2.75, 3.05) is 19.6 Å². The van der Waals surface area contributed by atoms with Gasteiger partial charge in [-0.05, 0) is 64.4 Å². The lowest BCUT2D eigenvalue weighted by molar-refractivity contribution is -0.143. The Hall–Kier alpha value is -3.98. The van der Waals surface area contributed by atoms with Crippen LogP contribution in [0.1, 0.15) is 67.5 Å². The molecule has 0 N–H and O–H groups in total. The van der Waals surface area contributed by atoms with Crippen LogP contribution in [0.4, 0.5) is 35.9 Å². The number of alkyl halides is 6. The number of carbonyl (C=O) groups is 3. The predicted molar refractivity (Wildman–Crippen MR) is 142 cm³/mol. The van der Waals surface area contributed by atoms with Crippen molar-refractivity contribution in [3.63, 3.8) is 0 Å². The van der Waals surface area contributed by atoms with Crippen molar-refractivity contribution in [2.45, 2.75) is 84.4 Å². The van der Waals surface area contributed by atoms with Crippen LogP contribution < -0.4 is 0 Å². The number of benzene rings is 1. The third kappa shape index (κ3) is 7.56. The second kappa shape index (κ2) is 11.8. The third-order valence-corrected chi connectivity index (χ3v) is 7.10. The average molecular weight is 634 g/mol. The Kier molecular flexibility index (Phi) is 8.86. The zero-order chi connectivity index (χ0) is 32.8. The van der Waals surface area contributed by atoms with Gasteiger partial charge in [-0.1, -0.05) is 0 Å². The highest BCUT2D eigenvalue weighted by molar-refractivity contribution is 5.92. The molecule has 2 atom stereocenters. The minimum Gasteiger partial charge on any atom is -0.445 e. The van der Waals surface area contributed by atoms with E-state index < -0.39 is 53.4 Å². The Morgan fingerprint density at radius 3 is 1.93 bits per heavy atom. The molecule has 1 fully saturated rings. The molecule has 0 radical (unpaired) electrons. The van der Waals surface area contributed by atoms with Crippen LogP contribution in [0.25, 0.3) is 0 Å². The Balaban J connectivity index is 1.39. The highest BCUT2D eigenvalue weighted by Crippen LogP contribution is 2.36. The first kappa shape index (κ1) is 32.9. The van der Waals surface area contributed by atoms with Crippen LogP contribution in [0, 0.1) is 0 Å². The van der Waals surface area contributed by atoms with E-state index in [1.54, 1.807) is 35.3 Å². The van der Waals surface area contributed by atoms with E-state index in [-0.39, 0.29) is 62.5 Å². The molecular weight excluding hydrogens is 600 g/mol. The molecule has 0 saturated carbocycles. The molecule has 2 aromatic rings. The number of fused-ring (bicyclic) bond motifs is 1. The molecule has 44 heavy (non-hydrogen) atoms. The minimum atomic E-state index is -5.03. The highest BCUT2D eigenvalue weighted by atomic mass is 19.4. The van der Waals surface area contributed by atoms with Crippen LogP contribution in [0.2, 0.25) is 0 Å². The van der Waals surface area contributed by atoms with Gasteiger partial charge >= 0.3 is 24.5 Å². The van der Waals surface area contributed by atoms with Gasteiger partial charge < -0.3 is 19.3 Å². The van der Waals surface area contributed by atoms with E-state index in [2.05, 4.69) is 5.10 Å². The molecule has 1 aromatic heterocycles. The number of hydrogen-bond donors (Lipinski definition) is 0. The zero-order valence-corrected chi connectivity index (χ0v) is 24.8. The van der Waals surface area contributed by atoms with Gasteiger partial charge in [-0.3, -0.25) is 14.4 Å². The summed E-state index contributed by atoms with van der Waals surface area (Å²) in [5.41, 5.74) is -3.54. The van der Waals surface area contributed by atoms with Crippen LogP contribution in [-0.2, 0) is 41.5 Å². The summed E-state index contributed by atoms with van der Waals surface area (Å²) >= 11 is 0. The van der Waals surface area contributed by atoms with E-state index >= 15 is 0 Å². The highest BCUT2D eigenvalue weighted by Gasteiger charge is 2.39. The molecule has 4 rings (SSSR count). The maximum atomic E-state index is 13.3. The molecule has 3 heterocycles. The SMILES string of the molecule is CC1CN(C(=O)c2cc3n(n2)CCN(C(=O)OCc2cc(C(F)(F)F)cc(C(F)(F)F)c2)C3)CC(C)N1C(=O)OC(C)(C)C. The molecule has 3 amide bonds. The summed E-state index contributed by atoms with van der Waals surface area (Å²) in [6.07, 6.45) is -11.5. The van der Waals surface area contributed by atoms with Crippen molar-refractivity contribution in [1.82, 2.24) is 24.5 Å². The maximum Gasteiger partial charge on any atom is 0.416 e. The summed E-state index contributed by atoms with van der Waals surface area (Å²) in [4.78, 5) is 43.1. The standard InChI is InChI=1S/C28H33F6N5O5/c1-16-12-37(13-17(2)39(16)25(42)44-26(3,4)5)23(40)22-11-21-14-36(6-7-38(21)35-22)24(41)43-15-18-8-19(27(29,30)31)10-20(9-18)28(32,33)34/h8-11,16-17H,6-7,12-15H2,1-5H3. The van der Waals surface area contributed by atoms with Gasteiger partial charge in [0, 0.05) is 19.6 Å². The van der Waals surface area contributed by atoms with Gasteiger partial charge in [0.2, 0.25) is 0 Å². The monoisotopic (exact) mass is 633 g/mol. The number of halogens is 6. The van der Waals surface area contributed by atoms with E-state index in [0.717, 1.165) is 0 Å². The number of piperazine rings is 1. The third-order valence-electron chi connectivity index (χ3n) is 7.10. The van der Waals surface area contributed by atoms with Crippen molar-refractivity contribution in [3.05, 3.63) is 52.3 Å². The van der Waals surface area contributed by atoms with E-state index in [4.69, 9.17) is 9.47 Å². The number of hydrogen-bond acceptors (Lipinski definition) is 6. The average Bonchev–Trinajstić information content (AvgIpc) is 3.32. The summed E-state index contributed by atoms with van der Waals surface area (Å²) in [5, 5.41) is 4.36. The van der Waals surface area contributed by atoms with Gasteiger partial charge in [0.25, 0.3) is 5.91 Å². The van der Waals surface area contributed by atoms with Crippen LogP contribution in [-0.4, -0.2) is 79.9 Å². The smallest absolute Gasteiger partial charge is 0.416 e. The van der Waals surface area contributed by atoms with E-state index in [9.17, 15) is 40.7 Å². The first-order valence-electron chi connectivity index (χ1n) is 13.8. The van der Waals surface area contributed by atoms with E-state index in [1.807, 2.05) is 13.8 Å². The summed E-state index contributed by atoms with van der Waals surface area (Å²) in [7, 11) is 0. The number of nitrogens with zero attached hydrogens (tertiary/aromatic N) is 5. The quantitative estimate of drug-likeness (QED) is 0.412. The van der Waals surface area contributed by atoms with Crippen LogP contribution >= 0.6 is 0 Å². The summed E-state index contributed by atoms with van der Waals surface area (Å²) in [6, 6.07) is 1.85. The Morgan fingerprint density at radius 1 is 0.841 bits per heavy atom. The zero-order valence-electron chi connectivity index (χ0n) is 24.8. The van der Waals surface area contributed by atoms with E-state index in [0.29, 0.717) is 17.8 Å². The number of amides is 3. The Labute approximate surface area is 249 Å². The topological polar surface area (TPSA) is 97.2 Å². The van der Waals surface area contributed by atoms with Crippen LogP contribution in [0.15, 0.2) is 24.3 Å². The van der Waals surface area contributed by atoms with Crippen molar-refractivity contribution in [1.29, 1.82) is 0 Å². The molecule has 0 aliphatic carbocycles. The molecule has 10 nitrogen and oxygen atoms in total. The van der Waals surface area contributed by atoms with Crippen molar-refractivity contribution in [3.8, 4) is 0 Å². The number of carbonyl (C=O) groups excluding carboxylic acids is 3. The molecule has 0 spiro atoms. The fraction of sp³-hybridized carbons (Fsp3) is 0.571. The number of aromatic nitrogens is 2. The van der Waals surface area contributed by atoms with Crippen molar-refractivity contribution < 1.29 is 50.2 Å². The van der Waals surface area contributed by atoms with Crippen LogP contribution in [0.3, 0.4) is 0 Å². The van der Waals surface area contributed by atoms with E-state index in [1.165, 1.54) is 11.0 Å². The largest absolute Gasteiger partial charge is 0.445 e. The normalized spacial score (nSPS) is 19.5. The van der Waals surface area contributed by atoms with Gasteiger partial charge in [-0.2, -0.15) is 31.4 Å². The lowest BCUT2D eigenvalue weighted by atomic mass is 10.1. The van der Waals surface area contributed by atoms with Crippen molar-refractivity contribution >= 4 is 18.1 Å².